The Labute approximate surface area is 243 Å². The minimum atomic E-state index is 1.17. The van der Waals surface area contributed by atoms with Crippen LogP contribution in [0.2, 0.25) is 0 Å². The molecule has 0 atom stereocenters. The van der Waals surface area contributed by atoms with E-state index < -0.39 is 0 Å². The predicted octanol–water partition coefficient (Wildman–Crippen LogP) is 10.7. The molecule has 0 amide bonds. The third-order valence-corrected chi connectivity index (χ3v) is 8.67. The van der Waals surface area contributed by atoms with Gasteiger partial charge in [-0.2, -0.15) is 0 Å². The molecule has 0 fully saturated rings. The van der Waals surface area contributed by atoms with Gasteiger partial charge in [-0.15, -0.1) is 0 Å². The number of fused-ring (bicyclic) bond motifs is 8. The van der Waals surface area contributed by atoms with Gasteiger partial charge in [-0.1, -0.05) is 115 Å². The van der Waals surface area contributed by atoms with Gasteiger partial charge in [-0.05, 0) is 64.4 Å². The van der Waals surface area contributed by atoms with Crippen LogP contribution in [0, 0.1) is 0 Å². The summed E-state index contributed by atoms with van der Waals surface area (Å²) in [5, 5.41) is 7.52. The van der Waals surface area contributed by atoms with E-state index in [0.717, 1.165) is 0 Å². The van der Waals surface area contributed by atoms with Crippen LogP contribution in [0.4, 0.5) is 0 Å². The van der Waals surface area contributed by atoms with Gasteiger partial charge in [0.1, 0.15) is 0 Å². The third kappa shape index (κ3) is 3.33. The fourth-order valence-corrected chi connectivity index (χ4v) is 6.80. The summed E-state index contributed by atoms with van der Waals surface area (Å²) < 4.78 is 4.91. The highest BCUT2D eigenvalue weighted by atomic mass is 15.0. The summed E-state index contributed by atoms with van der Waals surface area (Å²) in [5.74, 6) is 0. The highest BCUT2D eigenvalue weighted by Crippen LogP contribution is 2.42. The molecule has 0 bridgehead atoms. The van der Waals surface area contributed by atoms with E-state index in [1.54, 1.807) is 0 Å². The van der Waals surface area contributed by atoms with Crippen LogP contribution in [-0.4, -0.2) is 9.13 Å². The first kappa shape index (κ1) is 23.1. The average Bonchev–Trinajstić information content (AvgIpc) is 3.58. The average molecular weight is 535 g/mol. The summed E-state index contributed by atoms with van der Waals surface area (Å²) >= 11 is 0. The van der Waals surface area contributed by atoms with Crippen molar-refractivity contribution in [2.75, 3.05) is 0 Å². The molecule has 0 aliphatic carbocycles. The number of nitrogens with zero attached hydrogens (tertiary/aromatic N) is 2. The number of hydrogen-bond acceptors (Lipinski definition) is 0. The predicted molar refractivity (Wildman–Crippen MR) is 178 cm³/mol. The molecule has 0 spiro atoms. The molecular formula is C40H26N2. The van der Waals surface area contributed by atoms with Crippen molar-refractivity contribution in [3.8, 4) is 22.5 Å². The van der Waals surface area contributed by atoms with Gasteiger partial charge in [0, 0.05) is 32.9 Å². The molecule has 0 unspecified atom stereocenters. The SMILES string of the molecule is c1ccc(-c2ccc3cc(-n4c5ccccc5c5ccc6c7ccccc7n(-c7ccccc7)c6c54)ccc3c2)cc1. The highest BCUT2D eigenvalue weighted by molar-refractivity contribution is 6.23. The number of hydrogen-bond donors (Lipinski definition) is 0. The lowest BCUT2D eigenvalue weighted by Crippen LogP contribution is -1.98. The van der Waals surface area contributed by atoms with E-state index in [1.807, 2.05) is 0 Å². The van der Waals surface area contributed by atoms with Crippen LogP contribution in [-0.2, 0) is 0 Å². The van der Waals surface area contributed by atoms with Crippen molar-refractivity contribution in [3.63, 3.8) is 0 Å². The minimum absolute atomic E-state index is 1.17. The van der Waals surface area contributed by atoms with Gasteiger partial charge in [-0.25, -0.2) is 0 Å². The Bertz CT molecular complexity index is 2440. The van der Waals surface area contributed by atoms with Gasteiger partial charge in [0.25, 0.3) is 0 Å². The normalized spacial score (nSPS) is 11.8. The number of aromatic nitrogens is 2. The summed E-state index contributed by atoms with van der Waals surface area (Å²) in [6, 6.07) is 57.2. The Hall–Kier alpha value is -5.60. The largest absolute Gasteiger partial charge is 0.307 e. The van der Waals surface area contributed by atoms with Crippen molar-refractivity contribution in [1.29, 1.82) is 0 Å². The monoisotopic (exact) mass is 534 g/mol. The Morgan fingerprint density at radius 2 is 0.833 bits per heavy atom. The molecule has 0 N–H and O–H groups in total. The quantitative estimate of drug-likeness (QED) is 0.213. The van der Waals surface area contributed by atoms with Gasteiger partial charge in [-0.3, -0.25) is 0 Å². The van der Waals surface area contributed by atoms with E-state index in [0.29, 0.717) is 0 Å². The van der Waals surface area contributed by atoms with Gasteiger partial charge < -0.3 is 9.13 Å². The second-order valence-electron chi connectivity index (χ2n) is 11.0. The van der Waals surface area contributed by atoms with Crippen LogP contribution >= 0.6 is 0 Å². The Morgan fingerprint density at radius 1 is 0.310 bits per heavy atom. The van der Waals surface area contributed by atoms with Crippen LogP contribution in [0.5, 0.6) is 0 Å². The smallest absolute Gasteiger partial charge is 0.0788 e. The van der Waals surface area contributed by atoms with Crippen molar-refractivity contribution < 1.29 is 0 Å². The molecule has 7 aromatic carbocycles. The molecule has 2 nitrogen and oxygen atoms in total. The number of benzene rings is 7. The van der Waals surface area contributed by atoms with E-state index >= 15 is 0 Å². The second-order valence-corrected chi connectivity index (χ2v) is 11.0. The fraction of sp³-hybridized carbons (Fsp3) is 0. The van der Waals surface area contributed by atoms with Crippen LogP contribution in [0.25, 0.3) is 76.9 Å². The van der Waals surface area contributed by atoms with Crippen molar-refractivity contribution in [3.05, 3.63) is 158 Å². The lowest BCUT2D eigenvalue weighted by Gasteiger charge is -2.13. The molecule has 2 heteroatoms. The Kier molecular flexibility index (Phi) is 4.93. The molecule has 9 aromatic rings. The van der Waals surface area contributed by atoms with Crippen LogP contribution in [0.15, 0.2) is 158 Å². The van der Waals surface area contributed by atoms with Gasteiger partial charge in [0.15, 0.2) is 0 Å². The first-order valence-electron chi connectivity index (χ1n) is 14.5. The first-order valence-corrected chi connectivity index (χ1v) is 14.5. The third-order valence-electron chi connectivity index (χ3n) is 8.67. The highest BCUT2D eigenvalue weighted by Gasteiger charge is 2.21. The van der Waals surface area contributed by atoms with Gasteiger partial charge >= 0.3 is 0 Å². The molecule has 2 heterocycles. The summed E-state index contributed by atoms with van der Waals surface area (Å²) in [7, 11) is 0. The maximum atomic E-state index is 2.47. The lowest BCUT2D eigenvalue weighted by molar-refractivity contribution is 1.15. The van der Waals surface area contributed by atoms with Gasteiger partial charge in [0.2, 0.25) is 0 Å². The maximum absolute atomic E-state index is 2.47. The van der Waals surface area contributed by atoms with E-state index in [9.17, 15) is 0 Å². The number of para-hydroxylation sites is 3. The summed E-state index contributed by atoms with van der Waals surface area (Å²) in [4.78, 5) is 0. The molecule has 196 valence electrons. The van der Waals surface area contributed by atoms with E-state index in [-0.39, 0.29) is 0 Å². The van der Waals surface area contributed by atoms with Crippen molar-refractivity contribution >= 4 is 54.4 Å². The van der Waals surface area contributed by atoms with E-state index in [2.05, 4.69) is 167 Å². The molecule has 0 aliphatic rings. The molecule has 9 rings (SSSR count). The molecule has 0 saturated heterocycles. The molecule has 0 saturated carbocycles. The first-order chi connectivity index (χ1) is 20.8. The standard InChI is InChI=1S/C40H26N2/c1-3-11-27(12-4-1)28-19-20-30-26-32(22-21-29(30)25-28)42-38-18-10-8-16-34(38)36-24-23-35-33-15-7-9-17-37(33)41(39(35)40(36)42)31-13-5-2-6-14-31/h1-26H. The van der Waals surface area contributed by atoms with E-state index in [4.69, 9.17) is 0 Å². The zero-order chi connectivity index (χ0) is 27.6. The molecular weight excluding hydrogens is 508 g/mol. The minimum Gasteiger partial charge on any atom is -0.307 e. The molecule has 42 heavy (non-hydrogen) atoms. The maximum Gasteiger partial charge on any atom is 0.0788 e. The van der Waals surface area contributed by atoms with Crippen LogP contribution in [0.3, 0.4) is 0 Å². The molecule has 0 aliphatic heterocycles. The number of rotatable bonds is 3. The fourth-order valence-electron chi connectivity index (χ4n) is 6.80. The van der Waals surface area contributed by atoms with E-state index in [1.165, 1.54) is 76.9 Å². The zero-order valence-corrected chi connectivity index (χ0v) is 22.9. The molecule has 0 radical (unpaired) electrons. The zero-order valence-electron chi connectivity index (χ0n) is 22.9. The topological polar surface area (TPSA) is 9.86 Å². The van der Waals surface area contributed by atoms with Crippen LogP contribution < -0.4 is 0 Å². The summed E-state index contributed by atoms with van der Waals surface area (Å²) in [5.41, 5.74) is 9.70. The summed E-state index contributed by atoms with van der Waals surface area (Å²) in [6.07, 6.45) is 0. The van der Waals surface area contributed by atoms with Crippen molar-refractivity contribution in [1.82, 2.24) is 9.13 Å². The van der Waals surface area contributed by atoms with Crippen molar-refractivity contribution in [2.24, 2.45) is 0 Å². The van der Waals surface area contributed by atoms with Crippen molar-refractivity contribution in [2.45, 2.75) is 0 Å². The Balaban J connectivity index is 1.39. The van der Waals surface area contributed by atoms with Crippen LogP contribution in [0.1, 0.15) is 0 Å². The Morgan fingerprint density at radius 3 is 1.50 bits per heavy atom. The molecule has 2 aromatic heterocycles. The lowest BCUT2D eigenvalue weighted by atomic mass is 10.0. The second kappa shape index (κ2) is 8.95. The van der Waals surface area contributed by atoms with Gasteiger partial charge in [0.05, 0.1) is 22.1 Å². The summed E-state index contributed by atoms with van der Waals surface area (Å²) in [6.45, 7) is 0.